The van der Waals surface area contributed by atoms with Gasteiger partial charge in [-0.05, 0) is 17.9 Å². The summed E-state index contributed by atoms with van der Waals surface area (Å²) >= 11 is 5.16. The highest BCUT2D eigenvalue weighted by Gasteiger charge is 1.95. The normalized spacial score (nSPS) is 10.4. The topological polar surface area (TPSA) is 15.8 Å². The lowest BCUT2D eigenvalue weighted by atomic mass is 10.1. The van der Waals surface area contributed by atoms with Crippen LogP contribution in [0, 0.1) is 11.6 Å². The molecular weight excluding hydrogens is 166 g/mol. The quantitative estimate of drug-likeness (QED) is 0.608. The monoisotopic (exact) mass is 175 g/mol. The molecule has 1 N–H and O–H groups in total. The minimum absolute atomic E-state index is 0.816. The van der Waals surface area contributed by atoms with E-state index in [2.05, 4.69) is 18.0 Å². The maximum atomic E-state index is 5.16. The predicted octanol–water partition coefficient (Wildman–Crippen LogP) is 3.21. The van der Waals surface area contributed by atoms with Gasteiger partial charge in [-0.15, -0.1) is 0 Å². The third kappa shape index (κ3) is 1.04. The Morgan fingerprint density at radius 2 is 1.83 bits per heavy atom. The Morgan fingerprint density at radius 1 is 1.17 bits per heavy atom. The maximum absolute atomic E-state index is 5.16. The molecule has 0 aliphatic carbocycles. The van der Waals surface area contributed by atoms with Gasteiger partial charge in [-0.1, -0.05) is 36.5 Å². The molecule has 0 aliphatic heterocycles. The van der Waals surface area contributed by atoms with Crippen LogP contribution in [0.25, 0.3) is 10.8 Å². The fourth-order valence-corrected chi connectivity index (χ4v) is 1.59. The minimum Gasteiger partial charge on any atom is -0.352 e. The first-order valence-corrected chi connectivity index (χ1v) is 4.27. The molecule has 1 heterocycles. The zero-order chi connectivity index (χ0) is 8.55. The number of aromatic nitrogens is 1. The Morgan fingerprint density at radius 3 is 2.50 bits per heavy atom. The van der Waals surface area contributed by atoms with Gasteiger partial charge in [-0.3, -0.25) is 0 Å². The van der Waals surface area contributed by atoms with Crippen molar-refractivity contribution >= 4 is 23.0 Å². The lowest BCUT2D eigenvalue weighted by Crippen LogP contribution is -1.82. The Kier molecular flexibility index (Phi) is 1.70. The second kappa shape index (κ2) is 2.72. The van der Waals surface area contributed by atoms with Crippen LogP contribution in [0.4, 0.5) is 0 Å². The van der Waals surface area contributed by atoms with E-state index in [0.29, 0.717) is 0 Å². The van der Waals surface area contributed by atoms with Crippen molar-refractivity contribution in [1.29, 1.82) is 0 Å². The molecule has 0 saturated heterocycles. The molecule has 1 nitrogen and oxygen atoms in total. The molecule has 2 heteroatoms. The second-order valence-corrected chi connectivity index (χ2v) is 3.25. The molecule has 1 aromatic carbocycles. The number of benzene rings is 1. The van der Waals surface area contributed by atoms with Gasteiger partial charge in [0.25, 0.3) is 0 Å². The van der Waals surface area contributed by atoms with Crippen molar-refractivity contribution < 1.29 is 0 Å². The van der Waals surface area contributed by atoms with Crippen LogP contribution in [0.1, 0.15) is 5.56 Å². The van der Waals surface area contributed by atoms with E-state index < -0.39 is 0 Å². The number of hydrogen-bond acceptors (Lipinski definition) is 1. The minimum atomic E-state index is 0.816. The molecule has 0 bridgehead atoms. The average molecular weight is 175 g/mol. The third-order valence-corrected chi connectivity index (χ3v) is 2.35. The number of rotatable bonds is 0. The number of fused-ring (bicyclic) bond motifs is 1. The van der Waals surface area contributed by atoms with E-state index in [1.165, 1.54) is 10.9 Å². The lowest BCUT2D eigenvalue weighted by Gasteiger charge is -2.00. The summed E-state index contributed by atoms with van der Waals surface area (Å²) in [6, 6.07) is 8.17. The molecule has 0 saturated carbocycles. The van der Waals surface area contributed by atoms with Crippen LogP contribution in [0.5, 0.6) is 0 Å². The van der Waals surface area contributed by atoms with Gasteiger partial charge < -0.3 is 4.98 Å². The van der Waals surface area contributed by atoms with Crippen LogP contribution in [0.3, 0.4) is 0 Å². The van der Waals surface area contributed by atoms with Crippen molar-refractivity contribution in [2.24, 2.45) is 0 Å². The van der Waals surface area contributed by atoms with Gasteiger partial charge >= 0.3 is 0 Å². The number of nitrogens with one attached hydrogen (secondary N) is 1. The number of aromatic amines is 1. The van der Waals surface area contributed by atoms with Gasteiger partial charge in [-0.2, -0.15) is 0 Å². The first-order valence-electron chi connectivity index (χ1n) is 3.86. The molecule has 0 aliphatic rings. The maximum Gasteiger partial charge on any atom is 0.111 e. The van der Waals surface area contributed by atoms with Gasteiger partial charge in [0.1, 0.15) is 4.64 Å². The largest absolute Gasteiger partial charge is 0.352 e. The van der Waals surface area contributed by atoms with Crippen molar-refractivity contribution in [2.45, 2.75) is 6.92 Å². The molecule has 1 aromatic heterocycles. The molecule has 0 unspecified atom stereocenters. The highest BCUT2D eigenvalue weighted by molar-refractivity contribution is 7.71. The molecule has 2 rings (SSSR count). The highest BCUT2D eigenvalue weighted by Crippen LogP contribution is 2.16. The van der Waals surface area contributed by atoms with Crippen LogP contribution < -0.4 is 0 Å². The van der Waals surface area contributed by atoms with Gasteiger partial charge in [-0.25, -0.2) is 0 Å². The Labute approximate surface area is 76.1 Å². The van der Waals surface area contributed by atoms with Gasteiger partial charge in [0, 0.05) is 11.6 Å². The van der Waals surface area contributed by atoms with E-state index in [-0.39, 0.29) is 0 Å². The summed E-state index contributed by atoms with van der Waals surface area (Å²) < 4.78 is 0.816. The molecular formula is C10H9NS. The Hall–Kier alpha value is -1.15. The summed E-state index contributed by atoms with van der Waals surface area (Å²) in [5, 5.41) is 2.37. The molecule has 12 heavy (non-hydrogen) atoms. The van der Waals surface area contributed by atoms with E-state index in [9.17, 15) is 0 Å². The lowest BCUT2D eigenvalue weighted by molar-refractivity contribution is 1.29. The molecule has 0 amide bonds. The van der Waals surface area contributed by atoms with E-state index >= 15 is 0 Å². The van der Waals surface area contributed by atoms with Crippen LogP contribution in [-0.4, -0.2) is 4.98 Å². The molecule has 2 aromatic rings. The van der Waals surface area contributed by atoms with Crippen molar-refractivity contribution in [2.75, 3.05) is 0 Å². The summed E-state index contributed by atoms with van der Waals surface area (Å²) in [5.41, 5.74) is 1.24. The third-order valence-electron chi connectivity index (χ3n) is 2.02. The summed E-state index contributed by atoms with van der Waals surface area (Å²) in [4.78, 5) is 3.06. The molecule has 0 atom stereocenters. The van der Waals surface area contributed by atoms with Crippen molar-refractivity contribution in [3.63, 3.8) is 0 Å². The summed E-state index contributed by atoms with van der Waals surface area (Å²) in [6.07, 6.45) is 1.95. The molecule has 0 radical (unpaired) electrons. The van der Waals surface area contributed by atoms with Gasteiger partial charge in [0.05, 0.1) is 0 Å². The smallest absolute Gasteiger partial charge is 0.111 e. The average Bonchev–Trinajstić information content (AvgIpc) is 2.12. The van der Waals surface area contributed by atoms with Gasteiger partial charge in [0.2, 0.25) is 0 Å². The van der Waals surface area contributed by atoms with Crippen molar-refractivity contribution in [3.05, 3.63) is 40.7 Å². The second-order valence-electron chi connectivity index (χ2n) is 2.85. The van der Waals surface area contributed by atoms with E-state index in [1.54, 1.807) is 0 Å². The van der Waals surface area contributed by atoms with Gasteiger partial charge in [0.15, 0.2) is 0 Å². The zero-order valence-corrected chi connectivity index (χ0v) is 7.61. The number of H-pyrrole nitrogens is 1. The molecule has 0 spiro atoms. The number of pyridine rings is 1. The van der Waals surface area contributed by atoms with E-state index in [1.807, 2.05) is 24.4 Å². The summed E-state index contributed by atoms with van der Waals surface area (Å²) in [7, 11) is 0. The van der Waals surface area contributed by atoms with E-state index in [0.717, 1.165) is 10.0 Å². The standard InChI is InChI=1S/C10H9NS/c1-7-6-11-10(12)9-5-3-2-4-8(7)9/h2-6H,1H3,(H,11,12). The van der Waals surface area contributed by atoms with Crippen molar-refractivity contribution in [1.82, 2.24) is 4.98 Å². The fraction of sp³-hybridized carbons (Fsp3) is 0.100. The summed E-state index contributed by atoms with van der Waals surface area (Å²) in [6.45, 7) is 2.08. The zero-order valence-electron chi connectivity index (χ0n) is 6.79. The Bertz CT molecular complexity index is 470. The molecule has 60 valence electrons. The first-order chi connectivity index (χ1) is 5.79. The number of aryl methyl sites for hydroxylation is 1. The van der Waals surface area contributed by atoms with Crippen LogP contribution >= 0.6 is 12.2 Å². The first kappa shape index (κ1) is 7.50. The SMILES string of the molecule is Cc1c[nH]c(=S)c2ccccc12. The van der Waals surface area contributed by atoms with Crippen molar-refractivity contribution in [3.8, 4) is 0 Å². The number of hydrogen-bond donors (Lipinski definition) is 1. The summed E-state index contributed by atoms with van der Waals surface area (Å²) in [5.74, 6) is 0. The van der Waals surface area contributed by atoms with Crippen LogP contribution in [0.2, 0.25) is 0 Å². The van der Waals surface area contributed by atoms with Crippen LogP contribution in [0.15, 0.2) is 30.5 Å². The highest BCUT2D eigenvalue weighted by atomic mass is 32.1. The fourth-order valence-electron chi connectivity index (χ4n) is 1.35. The van der Waals surface area contributed by atoms with Crippen LogP contribution in [-0.2, 0) is 0 Å². The predicted molar refractivity (Wildman–Crippen MR) is 53.9 cm³/mol. The Balaban J connectivity index is 3.05. The molecule has 0 fully saturated rings. The van der Waals surface area contributed by atoms with E-state index in [4.69, 9.17) is 12.2 Å².